The van der Waals surface area contributed by atoms with E-state index in [2.05, 4.69) is 35.9 Å². The van der Waals surface area contributed by atoms with Gasteiger partial charge in [-0.3, -0.25) is 0 Å². The Balaban J connectivity index is 1.94. The summed E-state index contributed by atoms with van der Waals surface area (Å²) in [6, 6.07) is 0. The summed E-state index contributed by atoms with van der Waals surface area (Å²) < 4.78 is 11.0. The fourth-order valence-corrected chi connectivity index (χ4v) is 2.59. The maximum absolute atomic E-state index is 5.82. The third-order valence-electron chi connectivity index (χ3n) is 3.64. The first kappa shape index (κ1) is 15.4. The predicted octanol–water partition coefficient (Wildman–Crippen LogP) is 1.24. The lowest BCUT2D eigenvalue weighted by molar-refractivity contribution is -0.0264. The fourth-order valence-electron chi connectivity index (χ4n) is 2.59. The first-order valence-corrected chi connectivity index (χ1v) is 7.41. The molecule has 2 unspecified atom stereocenters. The molecule has 2 atom stereocenters. The molecule has 1 aliphatic heterocycles. The number of aromatic nitrogens is 2. The van der Waals surface area contributed by atoms with Gasteiger partial charge in [0, 0.05) is 19.5 Å². The molecule has 0 amide bonds. The molecule has 6 heteroatoms. The number of morpholine rings is 1. The van der Waals surface area contributed by atoms with Crippen molar-refractivity contribution in [2.24, 2.45) is 17.6 Å². The van der Waals surface area contributed by atoms with Gasteiger partial charge >= 0.3 is 0 Å². The van der Waals surface area contributed by atoms with E-state index in [1.54, 1.807) is 0 Å². The Bertz CT molecular complexity index is 408. The predicted molar refractivity (Wildman–Crippen MR) is 76.2 cm³/mol. The van der Waals surface area contributed by atoms with E-state index in [1.807, 2.05) is 0 Å². The van der Waals surface area contributed by atoms with Crippen LogP contribution in [0.4, 0.5) is 0 Å². The maximum atomic E-state index is 5.82. The third-order valence-corrected chi connectivity index (χ3v) is 3.64. The van der Waals surface area contributed by atoms with Crippen molar-refractivity contribution in [1.82, 2.24) is 15.0 Å². The summed E-state index contributed by atoms with van der Waals surface area (Å²) in [5, 5.41) is 4.06. The first-order valence-electron chi connectivity index (χ1n) is 7.41. The van der Waals surface area contributed by atoms with Crippen molar-refractivity contribution in [3.63, 3.8) is 0 Å². The Morgan fingerprint density at radius 2 is 2.25 bits per heavy atom. The van der Waals surface area contributed by atoms with Crippen molar-refractivity contribution in [2.75, 3.05) is 33.3 Å². The third kappa shape index (κ3) is 4.26. The average molecular weight is 282 g/mol. The smallest absolute Gasteiger partial charge is 0.227 e. The molecule has 0 radical (unpaired) electrons. The second kappa shape index (κ2) is 7.15. The van der Waals surface area contributed by atoms with Crippen LogP contribution in [0.1, 0.15) is 38.1 Å². The van der Waals surface area contributed by atoms with Gasteiger partial charge in [-0.25, -0.2) is 0 Å². The van der Waals surface area contributed by atoms with Gasteiger partial charge in [-0.15, -0.1) is 0 Å². The number of nitrogens with two attached hydrogens (primary N) is 1. The highest BCUT2D eigenvalue weighted by molar-refractivity contribution is 4.94. The molecule has 20 heavy (non-hydrogen) atoms. The van der Waals surface area contributed by atoms with Crippen LogP contribution in [-0.2, 0) is 11.2 Å². The van der Waals surface area contributed by atoms with Gasteiger partial charge in [0.05, 0.1) is 6.61 Å². The van der Waals surface area contributed by atoms with Gasteiger partial charge in [0.15, 0.2) is 0 Å². The Morgan fingerprint density at radius 3 is 2.90 bits per heavy atom. The topological polar surface area (TPSA) is 77.4 Å². The number of nitrogens with zero attached hydrogens (tertiary/aromatic N) is 3. The highest BCUT2D eigenvalue weighted by Crippen LogP contribution is 2.21. The highest BCUT2D eigenvalue weighted by atomic mass is 16.5. The summed E-state index contributed by atoms with van der Waals surface area (Å²) in [5.41, 5.74) is 5.82. The van der Waals surface area contributed by atoms with Crippen LogP contribution >= 0.6 is 0 Å². The van der Waals surface area contributed by atoms with Gasteiger partial charge in [-0.2, -0.15) is 4.98 Å². The minimum atomic E-state index is -0.0762. The molecule has 0 saturated carbocycles. The van der Waals surface area contributed by atoms with E-state index in [9.17, 15) is 0 Å². The first-order chi connectivity index (χ1) is 9.58. The summed E-state index contributed by atoms with van der Waals surface area (Å²) in [6.45, 7) is 7.53. The molecule has 1 saturated heterocycles. The molecule has 0 bridgehead atoms. The molecule has 1 aliphatic rings. The normalized spacial score (nSPS) is 22.4. The van der Waals surface area contributed by atoms with E-state index in [4.69, 9.17) is 15.0 Å². The minimum Gasteiger partial charge on any atom is -0.367 e. The van der Waals surface area contributed by atoms with Gasteiger partial charge in [-0.1, -0.05) is 19.0 Å². The summed E-state index contributed by atoms with van der Waals surface area (Å²) in [5.74, 6) is 2.36. The standard InChI is InChI=1S/C14H26N4O2/c1-10(2)6-11(8-15)7-13-16-14(17-20-13)12-9-18(3)4-5-19-12/h10-12H,4-9,15H2,1-3H3. The molecule has 2 rings (SSSR count). The minimum absolute atomic E-state index is 0.0762. The zero-order valence-electron chi connectivity index (χ0n) is 12.7. The molecule has 2 N–H and O–H groups in total. The SMILES string of the molecule is CC(C)CC(CN)Cc1nc(C2CN(C)CCO2)no1. The molecule has 2 heterocycles. The summed E-state index contributed by atoms with van der Waals surface area (Å²) >= 11 is 0. The number of ether oxygens (including phenoxy) is 1. The van der Waals surface area contributed by atoms with Crippen LogP contribution in [0, 0.1) is 11.8 Å². The number of rotatable bonds is 6. The summed E-state index contributed by atoms with van der Waals surface area (Å²) in [4.78, 5) is 6.69. The van der Waals surface area contributed by atoms with Crippen molar-refractivity contribution in [3.8, 4) is 0 Å². The van der Waals surface area contributed by atoms with Crippen LogP contribution in [0.5, 0.6) is 0 Å². The van der Waals surface area contributed by atoms with Crippen LogP contribution in [0.15, 0.2) is 4.52 Å². The van der Waals surface area contributed by atoms with E-state index >= 15 is 0 Å². The zero-order chi connectivity index (χ0) is 14.5. The molecule has 0 spiro atoms. The van der Waals surface area contributed by atoms with Gasteiger partial charge in [0.25, 0.3) is 0 Å². The van der Waals surface area contributed by atoms with E-state index < -0.39 is 0 Å². The second-order valence-corrected chi connectivity index (χ2v) is 6.10. The molecule has 1 aromatic heterocycles. The lowest BCUT2D eigenvalue weighted by Gasteiger charge is -2.27. The van der Waals surface area contributed by atoms with Crippen LogP contribution in [0.2, 0.25) is 0 Å². The van der Waals surface area contributed by atoms with Crippen molar-refractivity contribution in [3.05, 3.63) is 11.7 Å². The molecule has 6 nitrogen and oxygen atoms in total. The van der Waals surface area contributed by atoms with Gasteiger partial charge in [0.1, 0.15) is 6.10 Å². The van der Waals surface area contributed by atoms with Gasteiger partial charge in [0.2, 0.25) is 11.7 Å². The summed E-state index contributed by atoms with van der Waals surface area (Å²) in [6.07, 6.45) is 1.76. The van der Waals surface area contributed by atoms with Crippen molar-refractivity contribution < 1.29 is 9.26 Å². The molecular formula is C14H26N4O2. The van der Waals surface area contributed by atoms with Crippen molar-refractivity contribution >= 4 is 0 Å². The van der Waals surface area contributed by atoms with E-state index in [0.29, 0.717) is 36.7 Å². The largest absolute Gasteiger partial charge is 0.367 e. The van der Waals surface area contributed by atoms with E-state index in [1.165, 1.54) is 0 Å². The Labute approximate surface area is 120 Å². The van der Waals surface area contributed by atoms with E-state index in [0.717, 1.165) is 25.9 Å². The molecule has 1 fully saturated rings. The number of hydrogen-bond donors (Lipinski definition) is 1. The van der Waals surface area contributed by atoms with Gasteiger partial charge in [-0.05, 0) is 31.8 Å². The summed E-state index contributed by atoms with van der Waals surface area (Å²) in [7, 11) is 2.07. The Kier molecular flexibility index (Phi) is 5.51. The number of likely N-dealkylation sites (N-methyl/N-ethyl adjacent to an activating group) is 1. The molecule has 0 aromatic carbocycles. The van der Waals surface area contributed by atoms with E-state index in [-0.39, 0.29) is 6.10 Å². The lowest BCUT2D eigenvalue weighted by Crippen LogP contribution is -2.35. The molecular weight excluding hydrogens is 256 g/mol. The van der Waals surface area contributed by atoms with Crippen molar-refractivity contribution in [2.45, 2.75) is 32.8 Å². The van der Waals surface area contributed by atoms with Crippen molar-refractivity contribution in [1.29, 1.82) is 0 Å². The van der Waals surface area contributed by atoms with Crippen LogP contribution in [0.3, 0.4) is 0 Å². The Morgan fingerprint density at radius 1 is 1.45 bits per heavy atom. The lowest BCUT2D eigenvalue weighted by atomic mass is 9.94. The van der Waals surface area contributed by atoms with Crippen LogP contribution < -0.4 is 5.73 Å². The average Bonchev–Trinajstić information content (AvgIpc) is 2.86. The second-order valence-electron chi connectivity index (χ2n) is 6.10. The number of hydrogen-bond acceptors (Lipinski definition) is 6. The van der Waals surface area contributed by atoms with Crippen LogP contribution in [0.25, 0.3) is 0 Å². The Hall–Kier alpha value is -0.980. The monoisotopic (exact) mass is 282 g/mol. The molecule has 1 aromatic rings. The molecule has 0 aliphatic carbocycles. The molecule has 114 valence electrons. The maximum Gasteiger partial charge on any atom is 0.227 e. The van der Waals surface area contributed by atoms with Gasteiger partial charge < -0.3 is 19.9 Å². The quantitative estimate of drug-likeness (QED) is 0.845. The highest BCUT2D eigenvalue weighted by Gasteiger charge is 2.25. The zero-order valence-corrected chi connectivity index (χ0v) is 12.7. The fraction of sp³-hybridized carbons (Fsp3) is 0.857. The van der Waals surface area contributed by atoms with Crippen LogP contribution in [-0.4, -0.2) is 48.3 Å².